The lowest BCUT2D eigenvalue weighted by Gasteiger charge is -2.24. The van der Waals surface area contributed by atoms with E-state index < -0.39 is 16.1 Å². The average Bonchev–Trinajstić information content (AvgIpc) is 2.84. The van der Waals surface area contributed by atoms with Crippen LogP contribution in [0.1, 0.15) is 18.1 Å². The van der Waals surface area contributed by atoms with Crippen LogP contribution in [0.25, 0.3) is 17.2 Å². The van der Waals surface area contributed by atoms with Crippen LogP contribution in [0.5, 0.6) is 0 Å². The summed E-state index contributed by atoms with van der Waals surface area (Å²) in [6, 6.07) is 14.3. The van der Waals surface area contributed by atoms with Gasteiger partial charge in [-0.2, -0.15) is 0 Å². The fourth-order valence-corrected chi connectivity index (χ4v) is 5.93. The molecule has 0 N–H and O–H groups in total. The Kier molecular flexibility index (Phi) is 4.25. The van der Waals surface area contributed by atoms with Gasteiger partial charge in [-0.3, -0.25) is 0 Å². The van der Waals surface area contributed by atoms with E-state index in [2.05, 4.69) is 88.7 Å². The van der Waals surface area contributed by atoms with Crippen LogP contribution in [0, 0.1) is 0 Å². The van der Waals surface area contributed by atoms with Gasteiger partial charge in [0.15, 0.2) is 0 Å². The summed E-state index contributed by atoms with van der Waals surface area (Å²) >= 11 is 0. The van der Waals surface area contributed by atoms with Crippen LogP contribution >= 0.6 is 0 Å². The summed E-state index contributed by atoms with van der Waals surface area (Å²) in [7, 11) is -2.68. The first kappa shape index (κ1) is 17.4. The first-order valence-electron chi connectivity index (χ1n) is 9.01. The summed E-state index contributed by atoms with van der Waals surface area (Å²) in [5.74, 6) is 0. The molecule has 0 unspecified atom stereocenters. The van der Waals surface area contributed by atoms with Crippen LogP contribution in [0.4, 0.5) is 0 Å². The van der Waals surface area contributed by atoms with E-state index in [1.165, 1.54) is 27.8 Å². The quantitative estimate of drug-likeness (QED) is 0.650. The summed E-state index contributed by atoms with van der Waals surface area (Å²) in [4.78, 5) is 0. The van der Waals surface area contributed by atoms with Crippen molar-refractivity contribution in [3.8, 4) is 11.1 Å². The fraction of sp³-hybridized carbons (Fsp3) is 0.364. The number of hydrogen-bond acceptors (Lipinski definition) is 0. The highest BCUT2D eigenvalue weighted by Gasteiger charge is 2.24. The standard InChI is InChI=1S/C22H30Si2/c1-16-11-17-9-8-10-21(22(17)12-16)18-13-19(23(2,3)4)15-20(14-18)24(5,6)7/h8-10,12-15H,11H2,1-7H3. The van der Waals surface area contributed by atoms with E-state index in [4.69, 9.17) is 0 Å². The van der Waals surface area contributed by atoms with Gasteiger partial charge in [-0.25, -0.2) is 0 Å². The molecule has 0 spiro atoms. The van der Waals surface area contributed by atoms with Crippen LogP contribution in [-0.2, 0) is 6.42 Å². The summed E-state index contributed by atoms with van der Waals surface area (Å²) in [6.45, 7) is 17.0. The minimum Gasteiger partial charge on any atom is -0.0683 e. The van der Waals surface area contributed by atoms with Crippen molar-refractivity contribution in [3.63, 3.8) is 0 Å². The third-order valence-electron chi connectivity index (χ3n) is 5.03. The third-order valence-corrected chi connectivity index (χ3v) is 9.07. The van der Waals surface area contributed by atoms with Crippen LogP contribution in [0.2, 0.25) is 39.3 Å². The first-order valence-corrected chi connectivity index (χ1v) is 16.0. The van der Waals surface area contributed by atoms with Gasteiger partial charge in [0.05, 0.1) is 16.1 Å². The van der Waals surface area contributed by atoms with Gasteiger partial charge >= 0.3 is 0 Å². The van der Waals surface area contributed by atoms with Gasteiger partial charge in [0.1, 0.15) is 0 Å². The molecule has 0 aliphatic heterocycles. The maximum atomic E-state index is 2.52. The van der Waals surface area contributed by atoms with E-state index in [0.717, 1.165) is 6.42 Å². The smallest absolute Gasteiger partial charge is 0.0683 e. The Morgan fingerprint density at radius 3 is 1.92 bits per heavy atom. The van der Waals surface area contributed by atoms with Crippen LogP contribution < -0.4 is 10.4 Å². The van der Waals surface area contributed by atoms with Gasteiger partial charge in [-0.1, -0.05) is 97.7 Å². The summed E-state index contributed by atoms with van der Waals surface area (Å²) in [6.07, 6.45) is 3.50. The van der Waals surface area contributed by atoms with Gasteiger partial charge in [-0.05, 0) is 35.6 Å². The molecule has 2 heteroatoms. The molecule has 0 fully saturated rings. The molecule has 0 nitrogen and oxygen atoms in total. The van der Waals surface area contributed by atoms with E-state index in [1.807, 2.05) is 0 Å². The Morgan fingerprint density at radius 1 is 0.792 bits per heavy atom. The van der Waals surface area contributed by atoms with Crippen LogP contribution in [0.15, 0.2) is 42.0 Å². The highest BCUT2D eigenvalue weighted by Crippen LogP contribution is 2.33. The Hall–Kier alpha value is -1.39. The van der Waals surface area contributed by atoms with E-state index >= 15 is 0 Å². The lowest BCUT2D eigenvalue weighted by molar-refractivity contribution is 1.20. The SMILES string of the molecule is CC1=Cc2c(cccc2-c2cc([Si](C)(C)C)cc([Si](C)(C)C)c2)C1. The van der Waals surface area contributed by atoms with Crippen molar-refractivity contribution in [1.29, 1.82) is 0 Å². The normalized spacial score (nSPS) is 14.5. The van der Waals surface area contributed by atoms with Gasteiger partial charge in [-0.15, -0.1) is 0 Å². The molecule has 0 bridgehead atoms. The predicted molar refractivity (Wildman–Crippen MR) is 115 cm³/mol. The van der Waals surface area contributed by atoms with Gasteiger partial charge in [0, 0.05) is 0 Å². The second-order valence-electron chi connectivity index (χ2n) is 9.34. The Bertz CT molecular complexity index is 783. The molecule has 24 heavy (non-hydrogen) atoms. The van der Waals surface area contributed by atoms with Crippen molar-refractivity contribution in [2.24, 2.45) is 0 Å². The highest BCUT2D eigenvalue weighted by atomic mass is 28.3. The highest BCUT2D eigenvalue weighted by molar-refractivity contribution is 6.91. The number of allylic oxidation sites excluding steroid dienone is 1. The summed E-state index contributed by atoms with van der Waals surface area (Å²) < 4.78 is 0. The van der Waals surface area contributed by atoms with Crippen molar-refractivity contribution in [2.75, 3.05) is 0 Å². The molecule has 0 amide bonds. The second kappa shape index (κ2) is 5.85. The monoisotopic (exact) mass is 350 g/mol. The molecule has 0 aromatic heterocycles. The molecule has 2 aromatic carbocycles. The van der Waals surface area contributed by atoms with Crippen molar-refractivity contribution < 1.29 is 0 Å². The second-order valence-corrected chi connectivity index (χ2v) is 19.5. The lowest BCUT2D eigenvalue weighted by Crippen LogP contribution is -2.45. The first-order chi connectivity index (χ1) is 11.1. The van der Waals surface area contributed by atoms with Crippen molar-refractivity contribution in [3.05, 3.63) is 53.1 Å². The number of benzene rings is 2. The molecule has 3 rings (SSSR count). The predicted octanol–water partition coefficient (Wildman–Crippen LogP) is 5.40. The molecule has 1 aliphatic carbocycles. The van der Waals surface area contributed by atoms with E-state index in [-0.39, 0.29) is 0 Å². The van der Waals surface area contributed by atoms with Crippen molar-refractivity contribution in [2.45, 2.75) is 52.6 Å². The molecular weight excluding hydrogens is 320 g/mol. The summed E-state index contributed by atoms with van der Waals surface area (Å²) in [5, 5.41) is 3.18. The Balaban J connectivity index is 2.25. The number of hydrogen-bond donors (Lipinski definition) is 0. The maximum Gasteiger partial charge on any atom is 0.0776 e. The largest absolute Gasteiger partial charge is 0.0776 e. The van der Waals surface area contributed by atoms with E-state index in [0.29, 0.717) is 0 Å². The molecular formula is C22H30Si2. The molecule has 0 heterocycles. The number of rotatable bonds is 3. The molecule has 0 saturated carbocycles. The zero-order valence-corrected chi connectivity index (χ0v) is 18.2. The third kappa shape index (κ3) is 3.36. The summed E-state index contributed by atoms with van der Waals surface area (Å²) in [5.41, 5.74) is 7.26. The zero-order valence-electron chi connectivity index (χ0n) is 16.2. The fourth-order valence-electron chi connectivity index (χ4n) is 3.44. The van der Waals surface area contributed by atoms with E-state index in [9.17, 15) is 0 Å². The van der Waals surface area contributed by atoms with E-state index in [1.54, 1.807) is 10.4 Å². The molecule has 0 saturated heterocycles. The zero-order chi connectivity index (χ0) is 17.7. The van der Waals surface area contributed by atoms with Crippen LogP contribution in [-0.4, -0.2) is 16.1 Å². The number of fused-ring (bicyclic) bond motifs is 1. The minimum atomic E-state index is -1.34. The molecule has 2 aromatic rings. The molecule has 0 radical (unpaired) electrons. The Morgan fingerprint density at radius 2 is 1.38 bits per heavy atom. The van der Waals surface area contributed by atoms with Gasteiger partial charge in [0.2, 0.25) is 0 Å². The lowest BCUT2D eigenvalue weighted by atomic mass is 9.97. The minimum absolute atomic E-state index is 1.11. The van der Waals surface area contributed by atoms with Gasteiger partial charge in [0.25, 0.3) is 0 Å². The molecule has 1 aliphatic rings. The molecule has 126 valence electrons. The maximum absolute atomic E-state index is 2.52. The van der Waals surface area contributed by atoms with Gasteiger partial charge < -0.3 is 0 Å². The van der Waals surface area contributed by atoms with Crippen molar-refractivity contribution >= 4 is 32.6 Å². The topological polar surface area (TPSA) is 0 Å². The Labute approximate surface area is 149 Å². The molecule has 0 atom stereocenters. The average molecular weight is 351 g/mol. The van der Waals surface area contributed by atoms with Crippen molar-refractivity contribution in [1.82, 2.24) is 0 Å². The van der Waals surface area contributed by atoms with Crippen LogP contribution in [0.3, 0.4) is 0 Å².